The van der Waals surface area contributed by atoms with Gasteiger partial charge in [-0.15, -0.1) is 0 Å². The van der Waals surface area contributed by atoms with Gasteiger partial charge in [-0.2, -0.15) is 0 Å². The van der Waals surface area contributed by atoms with Gasteiger partial charge in [0.2, 0.25) is 14.7 Å². The number of rotatable bonds is 10. The van der Waals surface area contributed by atoms with E-state index < -0.39 is 20.6 Å². The SMILES string of the molecule is COP(=O)(CN(C)C(=O)c1ccccc1)CP(=O)(CN(C)C(=O)c1ccccc1)OC. The van der Waals surface area contributed by atoms with Gasteiger partial charge in [0, 0.05) is 39.4 Å². The highest BCUT2D eigenvalue weighted by Gasteiger charge is 2.38. The number of hydrogen-bond acceptors (Lipinski definition) is 6. The van der Waals surface area contributed by atoms with Crippen LogP contribution in [0.5, 0.6) is 0 Å². The highest BCUT2D eigenvalue weighted by atomic mass is 31.2. The largest absolute Gasteiger partial charge is 0.332 e. The standard InChI is InChI=1S/C21H28N2O6P2/c1-22(20(24)18-11-7-5-8-12-18)15-30(26,28-3)17-31(27,29-4)16-23(2)21(25)19-13-9-6-10-14-19/h5-14H,15-17H2,1-4H3. The predicted molar refractivity (Wildman–Crippen MR) is 121 cm³/mol. The number of nitrogens with zero attached hydrogens (tertiary/aromatic N) is 2. The zero-order valence-corrected chi connectivity index (χ0v) is 19.9. The lowest BCUT2D eigenvalue weighted by atomic mass is 10.2. The molecule has 0 N–H and O–H groups in total. The van der Waals surface area contributed by atoms with E-state index in [1.54, 1.807) is 60.7 Å². The average Bonchev–Trinajstić information content (AvgIpc) is 2.78. The molecule has 0 fully saturated rings. The van der Waals surface area contributed by atoms with Crippen molar-refractivity contribution in [3.8, 4) is 0 Å². The molecule has 0 saturated heterocycles. The third-order valence-corrected chi connectivity index (χ3v) is 11.2. The molecule has 10 heteroatoms. The van der Waals surface area contributed by atoms with Crippen LogP contribution in [0.3, 0.4) is 0 Å². The van der Waals surface area contributed by atoms with Crippen LogP contribution in [-0.2, 0) is 18.2 Å². The van der Waals surface area contributed by atoms with Gasteiger partial charge in [0.05, 0.1) is 12.6 Å². The second kappa shape index (κ2) is 10.9. The Balaban J connectivity index is 2.12. The molecule has 0 aliphatic carbocycles. The molecule has 0 spiro atoms. The Morgan fingerprint density at radius 3 is 1.32 bits per heavy atom. The van der Waals surface area contributed by atoms with E-state index in [4.69, 9.17) is 9.05 Å². The van der Waals surface area contributed by atoms with Crippen LogP contribution in [0.15, 0.2) is 60.7 Å². The zero-order valence-electron chi connectivity index (χ0n) is 18.1. The third-order valence-electron chi connectivity index (χ3n) is 4.69. The number of amides is 2. The molecule has 2 rings (SSSR count). The van der Waals surface area contributed by atoms with E-state index >= 15 is 0 Å². The number of benzene rings is 2. The molecule has 168 valence electrons. The van der Waals surface area contributed by atoms with Gasteiger partial charge < -0.3 is 18.8 Å². The molecule has 0 saturated carbocycles. The van der Waals surface area contributed by atoms with E-state index in [-0.39, 0.29) is 24.4 Å². The highest BCUT2D eigenvalue weighted by Crippen LogP contribution is 2.62. The fourth-order valence-electron chi connectivity index (χ4n) is 3.03. The Hall–Kier alpha value is -2.24. The molecule has 2 amide bonds. The maximum Gasteiger partial charge on any atom is 0.254 e. The van der Waals surface area contributed by atoms with Crippen LogP contribution in [0.2, 0.25) is 0 Å². The molecule has 2 aromatic carbocycles. The van der Waals surface area contributed by atoms with Crippen molar-refractivity contribution < 1.29 is 27.8 Å². The Bertz CT molecular complexity index is 904. The Morgan fingerprint density at radius 1 is 0.710 bits per heavy atom. The van der Waals surface area contributed by atoms with Crippen molar-refractivity contribution in [2.45, 2.75) is 0 Å². The molecule has 0 radical (unpaired) electrons. The van der Waals surface area contributed by atoms with Crippen LogP contribution < -0.4 is 0 Å². The van der Waals surface area contributed by atoms with Gasteiger partial charge in [-0.3, -0.25) is 18.7 Å². The number of carbonyl (C=O) groups is 2. The molecule has 0 bridgehead atoms. The van der Waals surface area contributed by atoms with Crippen LogP contribution in [0.1, 0.15) is 20.7 Å². The van der Waals surface area contributed by atoms with Gasteiger partial charge in [0.25, 0.3) is 11.8 Å². The summed E-state index contributed by atoms with van der Waals surface area (Å²) in [5.74, 6) is -1.06. The third kappa shape index (κ3) is 6.88. The average molecular weight is 466 g/mol. The van der Waals surface area contributed by atoms with Crippen molar-refractivity contribution in [3.63, 3.8) is 0 Å². The summed E-state index contributed by atoms with van der Waals surface area (Å²) in [5.41, 5.74) is 0.881. The number of carbonyl (C=O) groups excluding carboxylic acids is 2. The Kier molecular flexibility index (Phi) is 8.78. The van der Waals surface area contributed by atoms with Gasteiger partial charge in [-0.05, 0) is 24.3 Å². The molecule has 0 aliphatic heterocycles. The van der Waals surface area contributed by atoms with Gasteiger partial charge in [-0.1, -0.05) is 36.4 Å². The van der Waals surface area contributed by atoms with Crippen molar-refractivity contribution in [2.24, 2.45) is 0 Å². The molecule has 2 aromatic rings. The first kappa shape index (κ1) is 25.0. The molecule has 8 nitrogen and oxygen atoms in total. The monoisotopic (exact) mass is 466 g/mol. The fraction of sp³-hybridized carbons (Fsp3) is 0.333. The summed E-state index contributed by atoms with van der Waals surface area (Å²) >= 11 is 0. The van der Waals surface area contributed by atoms with Crippen LogP contribution in [0.4, 0.5) is 0 Å². The van der Waals surface area contributed by atoms with Gasteiger partial charge >= 0.3 is 0 Å². The van der Waals surface area contributed by atoms with E-state index in [0.29, 0.717) is 11.1 Å². The van der Waals surface area contributed by atoms with Crippen molar-refractivity contribution in [2.75, 3.05) is 46.8 Å². The van der Waals surface area contributed by atoms with Crippen molar-refractivity contribution in [1.82, 2.24) is 9.80 Å². The normalized spacial score (nSPS) is 14.8. The minimum absolute atomic E-state index is 0.235. The lowest BCUT2D eigenvalue weighted by Crippen LogP contribution is -2.30. The van der Waals surface area contributed by atoms with Gasteiger partial charge in [0.15, 0.2) is 0 Å². The molecule has 2 unspecified atom stereocenters. The van der Waals surface area contributed by atoms with E-state index in [1.807, 2.05) is 0 Å². The smallest absolute Gasteiger partial charge is 0.254 e. The molecule has 2 atom stereocenters. The minimum atomic E-state index is -3.55. The molecule has 0 aliphatic rings. The van der Waals surface area contributed by atoms with Crippen LogP contribution in [-0.4, -0.2) is 68.4 Å². The first-order valence-corrected chi connectivity index (χ1v) is 13.5. The molecule has 0 heterocycles. The number of hydrogen-bond donors (Lipinski definition) is 0. The highest BCUT2D eigenvalue weighted by molar-refractivity contribution is 7.76. The van der Waals surface area contributed by atoms with Crippen molar-refractivity contribution in [3.05, 3.63) is 71.8 Å². The summed E-state index contributed by atoms with van der Waals surface area (Å²) in [5, 5.41) is 0. The summed E-state index contributed by atoms with van der Waals surface area (Å²) in [6.45, 7) is 0. The predicted octanol–water partition coefficient (Wildman–Crippen LogP) is 4.25. The first-order chi connectivity index (χ1) is 14.6. The second-order valence-electron chi connectivity index (χ2n) is 7.16. The topological polar surface area (TPSA) is 93.2 Å². The lowest BCUT2D eigenvalue weighted by molar-refractivity contribution is 0.0808. The van der Waals surface area contributed by atoms with E-state index in [9.17, 15) is 18.7 Å². The molecular weight excluding hydrogens is 438 g/mol. The maximum atomic E-state index is 13.4. The van der Waals surface area contributed by atoms with Gasteiger partial charge in [0.1, 0.15) is 5.90 Å². The van der Waals surface area contributed by atoms with E-state index in [0.717, 1.165) is 0 Å². The quantitative estimate of drug-likeness (QED) is 0.486. The summed E-state index contributed by atoms with van der Waals surface area (Å²) in [7, 11) is -1.59. The first-order valence-electron chi connectivity index (χ1n) is 9.52. The molecule has 0 aromatic heterocycles. The maximum absolute atomic E-state index is 13.4. The minimum Gasteiger partial charge on any atom is -0.332 e. The van der Waals surface area contributed by atoms with Crippen molar-refractivity contribution >= 4 is 26.6 Å². The van der Waals surface area contributed by atoms with E-state index in [2.05, 4.69) is 0 Å². The summed E-state index contributed by atoms with van der Waals surface area (Å²) in [4.78, 5) is 27.7. The summed E-state index contributed by atoms with van der Waals surface area (Å²) in [6, 6.07) is 17.1. The van der Waals surface area contributed by atoms with Crippen LogP contribution in [0, 0.1) is 0 Å². The van der Waals surface area contributed by atoms with Gasteiger partial charge in [-0.25, -0.2) is 0 Å². The zero-order chi connectivity index (χ0) is 23.1. The van der Waals surface area contributed by atoms with Crippen LogP contribution in [0.25, 0.3) is 0 Å². The second-order valence-corrected chi connectivity index (χ2v) is 12.8. The molecule has 31 heavy (non-hydrogen) atoms. The Morgan fingerprint density at radius 2 is 1.03 bits per heavy atom. The summed E-state index contributed by atoms with van der Waals surface area (Å²) in [6.07, 6.45) is -0.470. The van der Waals surface area contributed by atoms with Crippen LogP contribution >= 0.6 is 14.7 Å². The Labute approximate surface area is 183 Å². The molecular formula is C21H28N2O6P2. The fourth-order valence-corrected chi connectivity index (χ4v) is 9.07. The van der Waals surface area contributed by atoms with E-state index in [1.165, 1.54) is 38.1 Å². The van der Waals surface area contributed by atoms with Crippen molar-refractivity contribution in [1.29, 1.82) is 0 Å². The summed E-state index contributed by atoms with van der Waals surface area (Å²) < 4.78 is 37.2. The lowest BCUT2D eigenvalue weighted by Gasteiger charge is -2.28.